The lowest BCUT2D eigenvalue weighted by molar-refractivity contribution is -0.00532. The molecule has 1 N–H and O–H groups in total. The smallest absolute Gasteiger partial charge is 0.0891 e. The van der Waals surface area contributed by atoms with Crippen LogP contribution in [0.4, 0.5) is 0 Å². The Kier molecular flexibility index (Phi) is 3.38. The van der Waals surface area contributed by atoms with Crippen LogP contribution >= 0.6 is 0 Å². The van der Waals surface area contributed by atoms with E-state index in [2.05, 4.69) is 26.5 Å². The van der Waals surface area contributed by atoms with Crippen molar-refractivity contribution in [2.24, 2.45) is 23.2 Å². The molecule has 2 heteroatoms. The fourth-order valence-electron chi connectivity index (χ4n) is 4.70. The first kappa shape index (κ1) is 14.3. The first-order valence-corrected chi connectivity index (χ1v) is 8.04. The van der Waals surface area contributed by atoms with Gasteiger partial charge in [0.05, 0.1) is 11.7 Å². The van der Waals surface area contributed by atoms with Crippen LogP contribution in [0.25, 0.3) is 0 Å². The third kappa shape index (κ3) is 2.00. The Morgan fingerprint density at radius 2 is 2.15 bits per heavy atom. The molecule has 0 amide bonds. The number of ether oxygens (including phenoxy) is 1. The first-order valence-electron chi connectivity index (χ1n) is 8.04. The first-order chi connectivity index (χ1) is 9.44. The Morgan fingerprint density at radius 1 is 1.40 bits per heavy atom. The molecule has 20 heavy (non-hydrogen) atoms. The fourth-order valence-corrected chi connectivity index (χ4v) is 4.70. The highest BCUT2D eigenvalue weighted by molar-refractivity contribution is 5.31. The maximum atomic E-state index is 10.9. The summed E-state index contributed by atoms with van der Waals surface area (Å²) in [6.07, 6.45) is 9.71. The van der Waals surface area contributed by atoms with Crippen LogP contribution in [-0.2, 0) is 4.74 Å². The molecule has 3 aliphatic carbocycles. The highest BCUT2D eigenvalue weighted by Gasteiger charge is 2.60. The molecule has 0 aromatic rings. The van der Waals surface area contributed by atoms with Crippen LogP contribution in [0.5, 0.6) is 0 Å². The van der Waals surface area contributed by atoms with E-state index < -0.39 is 5.60 Å². The van der Waals surface area contributed by atoms with Crippen LogP contribution < -0.4 is 0 Å². The maximum absolute atomic E-state index is 10.9. The Labute approximate surface area is 122 Å². The molecule has 2 fully saturated rings. The summed E-state index contributed by atoms with van der Waals surface area (Å²) in [5.41, 5.74) is 1.04. The standard InChI is InChI=1S/C18H28O2/c1-5-18(19)9-7-6-8-13(18)12-10-14-15(17(14,2)3)11-16(12)20-4/h5,10,13-16,19H,1,6-9,11H2,2-4H3/t13-,14+,15-,16?,18+/m1/s1. The third-order valence-electron chi connectivity index (χ3n) is 6.31. The van der Waals surface area contributed by atoms with E-state index in [4.69, 9.17) is 4.74 Å². The minimum absolute atomic E-state index is 0.188. The molecule has 1 unspecified atom stereocenters. The summed E-state index contributed by atoms with van der Waals surface area (Å²) in [7, 11) is 1.81. The molecule has 0 bridgehead atoms. The zero-order valence-corrected chi connectivity index (χ0v) is 13.1. The van der Waals surface area contributed by atoms with Gasteiger partial charge in [-0.1, -0.05) is 38.8 Å². The predicted molar refractivity (Wildman–Crippen MR) is 81.4 cm³/mol. The van der Waals surface area contributed by atoms with Crippen LogP contribution in [0.3, 0.4) is 0 Å². The molecule has 5 atom stereocenters. The predicted octanol–water partition coefficient (Wildman–Crippen LogP) is 3.71. The lowest BCUT2D eigenvalue weighted by Gasteiger charge is -2.42. The number of hydrogen-bond acceptors (Lipinski definition) is 2. The van der Waals surface area contributed by atoms with Gasteiger partial charge in [0.2, 0.25) is 0 Å². The molecule has 0 heterocycles. The molecule has 0 aliphatic heterocycles. The summed E-state index contributed by atoms with van der Waals surface area (Å²) in [4.78, 5) is 0. The van der Waals surface area contributed by atoms with Gasteiger partial charge in [0.15, 0.2) is 0 Å². The molecule has 3 rings (SSSR count). The van der Waals surface area contributed by atoms with Gasteiger partial charge in [-0.2, -0.15) is 0 Å². The Balaban J connectivity index is 1.92. The number of methoxy groups -OCH3 is 1. The van der Waals surface area contributed by atoms with E-state index in [-0.39, 0.29) is 12.0 Å². The van der Waals surface area contributed by atoms with Gasteiger partial charge >= 0.3 is 0 Å². The molecule has 0 saturated heterocycles. The Hall–Kier alpha value is -0.600. The van der Waals surface area contributed by atoms with Crippen LogP contribution in [0, 0.1) is 23.2 Å². The summed E-state index contributed by atoms with van der Waals surface area (Å²) < 4.78 is 5.77. The quantitative estimate of drug-likeness (QED) is 0.796. The summed E-state index contributed by atoms with van der Waals surface area (Å²) in [6.45, 7) is 8.60. The van der Waals surface area contributed by atoms with E-state index in [0.29, 0.717) is 11.3 Å². The second kappa shape index (κ2) is 4.71. The van der Waals surface area contributed by atoms with Gasteiger partial charge in [0.1, 0.15) is 0 Å². The number of fused-ring (bicyclic) bond motifs is 1. The molecule has 3 aliphatic rings. The van der Waals surface area contributed by atoms with Crippen molar-refractivity contribution in [2.75, 3.05) is 7.11 Å². The van der Waals surface area contributed by atoms with E-state index in [1.54, 1.807) is 6.08 Å². The number of aliphatic hydroxyl groups is 1. The summed E-state index contributed by atoms with van der Waals surface area (Å²) in [5, 5.41) is 10.9. The molecule has 2 nitrogen and oxygen atoms in total. The molecule has 2 saturated carbocycles. The average Bonchev–Trinajstić information content (AvgIpc) is 2.99. The van der Waals surface area contributed by atoms with E-state index >= 15 is 0 Å². The highest BCUT2D eigenvalue weighted by atomic mass is 16.5. The summed E-state index contributed by atoms with van der Waals surface area (Å²) in [5.74, 6) is 1.65. The van der Waals surface area contributed by atoms with Crippen LogP contribution in [-0.4, -0.2) is 23.9 Å². The SMILES string of the molecule is C=C[C@]1(O)CCCC[C@@H]1C1=C[C@H]2[C@@H](CC1OC)C2(C)C. The van der Waals surface area contributed by atoms with Gasteiger partial charge in [0, 0.05) is 13.0 Å². The van der Waals surface area contributed by atoms with Crippen molar-refractivity contribution in [3.05, 3.63) is 24.3 Å². The third-order valence-corrected chi connectivity index (χ3v) is 6.31. The normalized spacial score (nSPS) is 46.3. The van der Waals surface area contributed by atoms with Gasteiger partial charge in [-0.05, 0) is 42.1 Å². The van der Waals surface area contributed by atoms with E-state index in [9.17, 15) is 5.11 Å². The summed E-state index contributed by atoms with van der Waals surface area (Å²) in [6, 6.07) is 0. The topological polar surface area (TPSA) is 29.5 Å². The van der Waals surface area contributed by atoms with E-state index in [0.717, 1.165) is 31.6 Å². The highest BCUT2D eigenvalue weighted by Crippen LogP contribution is 2.65. The summed E-state index contributed by atoms with van der Waals surface area (Å²) >= 11 is 0. The molecule has 0 spiro atoms. The van der Waals surface area contributed by atoms with Gasteiger partial charge in [-0.25, -0.2) is 0 Å². The minimum atomic E-state index is -0.729. The molecular weight excluding hydrogens is 248 g/mol. The maximum Gasteiger partial charge on any atom is 0.0891 e. The zero-order chi connectivity index (χ0) is 14.5. The lowest BCUT2D eigenvalue weighted by Crippen LogP contribution is -2.42. The second-order valence-electron chi connectivity index (χ2n) is 7.57. The number of rotatable bonds is 3. The van der Waals surface area contributed by atoms with Crippen LogP contribution in [0.15, 0.2) is 24.3 Å². The minimum Gasteiger partial charge on any atom is -0.385 e. The van der Waals surface area contributed by atoms with Gasteiger partial charge in [0.25, 0.3) is 0 Å². The van der Waals surface area contributed by atoms with E-state index in [1.807, 2.05) is 7.11 Å². The van der Waals surface area contributed by atoms with Crippen LogP contribution in [0.2, 0.25) is 0 Å². The van der Waals surface area contributed by atoms with Gasteiger partial charge in [-0.3, -0.25) is 0 Å². The fraction of sp³-hybridized carbons (Fsp3) is 0.778. The lowest BCUT2D eigenvalue weighted by atomic mass is 9.69. The second-order valence-corrected chi connectivity index (χ2v) is 7.57. The van der Waals surface area contributed by atoms with E-state index in [1.165, 1.54) is 12.0 Å². The van der Waals surface area contributed by atoms with Crippen molar-refractivity contribution in [1.82, 2.24) is 0 Å². The average molecular weight is 276 g/mol. The van der Waals surface area contributed by atoms with Crippen LogP contribution in [0.1, 0.15) is 46.0 Å². The number of allylic oxidation sites excluding steroid dienone is 1. The van der Waals surface area contributed by atoms with Gasteiger partial charge < -0.3 is 9.84 Å². The van der Waals surface area contributed by atoms with Crippen molar-refractivity contribution in [2.45, 2.75) is 57.7 Å². The van der Waals surface area contributed by atoms with Crippen molar-refractivity contribution in [3.63, 3.8) is 0 Å². The van der Waals surface area contributed by atoms with Crippen molar-refractivity contribution in [1.29, 1.82) is 0 Å². The molecular formula is C18H28O2. The Bertz CT molecular complexity index is 437. The Morgan fingerprint density at radius 3 is 2.80 bits per heavy atom. The number of hydrogen-bond donors (Lipinski definition) is 1. The largest absolute Gasteiger partial charge is 0.385 e. The molecule has 0 aromatic carbocycles. The van der Waals surface area contributed by atoms with Gasteiger partial charge in [-0.15, -0.1) is 6.58 Å². The zero-order valence-electron chi connectivity index (χ0n) is 13.1. The van der Waals surface area contributed by atoms with Crippen molar-refractivity contribution in [3.8, 4) is 0 Å². The monoisotopic (exact) mass is 276 g/mol. The molecule has 112 valence electrons. The van der Waals surface area contributed by atoms with Crippen molar-refractivity contribution >= 4 is 0 Å². The molecule has 0 radical (unpaired) electrons. The van der Waals surface area contributed by atoms with Crippen molar-refractivity contribution < 1.29 is 9.84 Å². The molecule has 0 aromatic heterocycles.